The molecule has 2 heterocycles. The lowest BCUT2D eigenvalue weighted by atomic mass is 10.0. The van der Waals surface area contributed by atoms with E-state index in [-0.39, 0.29) is 23.2 Å². The lowest BCUT2D eigenvalue weighted by Crippen LogP contribution is -2.38. The number of carbonyl (C=O) groups is 2. The van der Waals surface area contributed by atoms with Crippen molar-refractivity contribution in [3.05, 3.63) is 76.6 Å². The molecule has 29 heavy (non-hydrogen) atoms. The third-order valence-corrected chi connectivity index (χ3v) is 5.30. The van der Waals surface area contributed by atoms with E-state index in [9.17, 15) is 9.59 Å². The number of fused-ring (bicyclic) bond motifs is 1. The first-order valence-electron chi connectivity index (χ1n) is 9.42. The summed E-state index contributed by atoms with van der Waals surface area (Å²) in [6.07, 6.45) is 1.82. The summed E-state index contributed by atoms with van der Waals surface area (Å²) >= 11 is 6.39. The quantitative estimate of drug-likeness (QED) is 0.611. The van der Waals surface area contributed by atoms with Gasteiger partial charge in [0, 0.05) is 12.2 Å². The van der Waals surface area contributed by atoms with Crippen LogP contribution in [0.1, 0.15) is 28.0 Å². The second kappa shape index (κ2) is 8.09. The van der Waals surface area contributed by atoms with Crippen LogP contribution in [0.15, 0.2) is 54.6 Å². The number of carbonyl (C=O) groups excluding carboxylic acids is 2. The molecule has 0 aliphatic carbocycles. The maximum atomic E-state index is 12.7. The molecular weight excluding hydrogens is 390 g/mol. The molecule has 1 aliphatic rings. The van der Waals surface area contributed by atoms with E-state index in [0.29, 0.717) is 12.2 Å². The van der Waals surface area contributed by atoms with Gasteiger partial charge in [0.15, 0.2) is 6.61 Å². The Labute approximate surface area is 173 Å². The van der Waals surface area contributed by atoms with Gasteiger partial charge in [-0.05, 0) is 43.5 Å². The highest BCUT2D eigenvalue weighted by atomic mass is 35.5. The molecule has 0 fully saturated rings. The van der Waals surface area contributed by atoms with Crippen molar-refractivity contribution in [2.75, 3.05) is 18.1 Å². The number of esters is 1. The van der Waals surface area contributed by atoms with Gasteiger partial charge >= 0.3 is 5.97 Å². The predicted molar refractivity (Wildman–Crippen MR) is 111 cm³/mol. The van der Waals surface area contributed by atoms with Crippen LogP contribution in [0.2, 0.25) is 5.15 Å². The summed E-state index contributed by atoms with van der Waals surface area (Å²) in [5, 5.41) is 4.50. The van der Waals surface area contributed by atoms with Gasteiger partial charge in [-0.15, -0.1) is 0 Å². The van der Waals surface area contributed by atoms with Gasteiger partial charge < -0.3 is 9.64 Å². The first kappa shape index (κ1) is 19.2. The average Bonchev–Trinajstić information content (AvgIpc) is 3.06. The Morgan fingerprint density at radius 1 is 1.10 bits per heavy atom. The fraction of sp³-hybridized carbons (Fsp3) is 0.227. The zero-order chi connectivity index (χ0) is 20.4. The molecule has 0 atom stereocenters. The molecule has 0 bridgehead atoms. The van der Waals surface area contributed by atoms with Gasteiger partial charge in [0.2, 0.25) is 0 Å². The standard InChI is InChI=1S/C22H20ClN3O3/c1-15-20(21(23)26(24-15)17-10-3-2-4-11-17)22(28)29-14-19(27)25-13-7-9-16-8-5-6-12-18(16)25/h2-6,8,10-12H,7,9,13-14H2,1H3. The van der Waals surface area contributed by atoms with Gasteiger partial charge in [0.05, 0.1) is 11.4 Å². The summed E-state index contributed by atoms with van der Waals surface area (Å²) < 4.78 is 6.78. The third kappa shape index (κ3) is 3.76. The fourth-order valence-corrected chi connectivity index (χ4v) is 3.89. The van der Waals surface area contributed by atoms with E-state index in [2.05, 4.69) is 5.10 Å². The van der Waals surface area contributed by atoms with Gasteiger partial charge in [0.1, 0.15) is 10.7 Å². The number of aromatic nitrogens is 2. The Morgan fingerprint density at radius 2 is 1.83 bits per heavy atom. The lowest BCUT2D eigenvalue weighted by molar-refractivity contribution is -0.121. The molecule has 0 spiro atoms. The maximum absolute atomic E-state index is 12.7. The van der Waals surface area contributed by atoms with Crippen LogP contribution in [-0.4, -0.2) is 34.8 Å². The van der Waals surface area contributed by atoms with Crippen LogP contribution >= 0.6 is 11.6 Å². The molecule has 2 aromatic carbocycles. The Hall–Kier alpha value is -3.12. The topological polar surface area (TPSA) is 64.4 Å². The zero-order valence-electron chi connectivity index (χ0n) is 16.0. The van der Waals surface area contributed by atoms with Crippen molar-refractivity contribution >= 4 is 29.2 Å². The largest absolute Gasteiger partial charge is 0.452 e. The molecule has 1 aromatic heterocycles. The van der Waals surface area contributed by atoms with Gasteiger partial charge in [-0.1, -0.05) is 48.0 Å². The Bertz CT molecular complexity index is 1060. The van der Waals surface area contributed by atoms with Crippen LogP contribution in [0.25, 0.3) is 5.69 Å². The number of hydrogen-bond donors (Lipinski definition) is 0. The summed E-state index contributed by atoms with van der Waals surface area (Å²) in [5.41, 5.74) is 3.36. The molecule has 1 amide bonds. The highest BCUT2D eigenvalue weighted by Crippen LogP contribution is 2.27. The van der Waals surface area contributed by atoms with Crippen LogP contribution in [0, 0.1) is 6.92 Å². The molecule has 0 radical (unpaired) electrons. The minimum Gasteiger partial charge on any atom is -0.452 e. The SMILES string of the molecule is Cc1nn(-c2ccccc2)c(Cl)c1C(=O)OCC(=O)N1CCCc2ccccc21. The van der Waals surface area contributed by atoms with Crippen molar-refractivity contribution in [3.8, 4) is 5.69 Å². The number of aryl methyl sites for hydroxylation is 2. The van der Waals surface area contributed by atoms with E-state index in [0.717, 1.165) is 29.8 Å². The number of ether oxygens (including phenoxy) is 1. The first-order chi connectivity index (χ1) is 14.1. The molecule has 7 heteroatoms. The Balaban J connectivity index is 1.49. The number of benzene rings is 2. The first-order valence-corrected chi connectivity index (χ1v) is 9.80. The maximum Gasteiger partial charge on any atom is 0.343 e. The van der Waals surface area contributed by atoms with Crippen LogP contribution in [-0.2, 0) is 16.0 Å². The minimum atomic E-state index is -0.659. The van der Waals surface area contributed by atoms with Crippen molar-refractivity contribution in [1.82, 2.24) is 9.78 Å². The Kier molecular flexibility index (Phi) is 5.36. The molecular formula is C22H20ClN3O3. The van der Waals surface area contributed by atoms with Crippen LogP contribution < -0.4 is 4.90 Å². The number of amides is 1. The molecule has 148 valence electrons. The number of para-hydroxylation sites is 2. The summed E-state index contributed by atoms with van der Waals surface area (Å²) in [5.74, 6) is -0.914. The minimum absolute atomic E-state index is 0.162. The highest BCUT2D eigenvalue weighted by molar-refractivity contribution is 6.33. The van der Waals surface area contributed by atoms with Gasteiger partial charge in [-0.2, -0.15) is 5.10 Å². The van der Waals surface area contributed by atoms with E-state index in [1.54, 1.807) is 11.8 Å². The van der Waals surface area contributed by atoms with E-state index in [1.807, 2.05) is 54.6 Å². The van der Waals surface area contributed by atoms with E-state index >= 15 is 0 Å². The van der Waals surface area contributed by atoms with E-state index in [1.165, 1.54) is 4.68 Å². The lowest BCUT2D eigenvalue weighted by Gasteiger charge is -2.29. The smallest absolute Gasteiger partial charge is 0.343 e. The highest BCUT2D eigenvalue weighted by Gasteiger charge is 2.26. The number of nitrogens with zero attached hydrogens (tertiary/aromatic N) is 3. The fourth-order valence-electron chi connectivity index (χ4n) is 3.54. The monoisotopic (exact) mass is 409 g/mol. The normalized spacial score (nSPS) is 13.1. The van der Waals surface area contributed by atoms with E-state index in [4.69, 9.17) is 16.3 Å². The molecule has 0 saturated carbocycles. The summed E-state index contributed by atoms with van der Waals surface area (Å²) in [4.78, 5) is 27.0. The third-order valence-electron chi connectivity index (χ3n) is 4.95. The van der Waals surface area contributed by atoms with Crippen LogP contribution in [0.3, 0.4) is 0 Å². The van der Waals surface area contributed by atoms with Crippen LogP contribution in [0.5, 0.6) is 0 Å². The summed E-state index contributed by atoms with van der Waals surface area (Å²) in [6, 6.07) is 17.1. The van der Waals surface area contributed by atoms with Crippen molar-refractivity contribution in [2.24, 2.45) is 0 Å². The zero-order valence-corrected chi connectivity index (χ0v) is 16.7. The molecule has 0 unspecified atom stereocenters. The molecule has 6 nitrogen and oxygen atoms in total. The van der Waals surface area contributed by atoms with Gasteiger partial charge in [-0.25, -0.2) is 9.48 Å². The van der Waals surface area contributed by atoms with Crippen molar-refractivity contribution in [3.63, 3.8) is 0 Å². The predicted octanol–water partition coefficient (Wildman–Crippen LogP) is 3.97. The second-order valence-corrected chi connectivity index (χ2v) is 7.21. The molecule has 0 saturated heterocycles. The molecule has 3 aromatic rings. The number of rotatable bonds is 4. The Morgan fingerprint density at radius 3 is 2.62 bits per heavy atom. The molecule has 0 N–H and O–H groups in total. The van der Waals surface area contributed by atoms with E-state index < -0.39 is 5.97 Å². The average molecular weight is 410 g/mol. The molecule has 4 rings (SSSR count). The van der Waals surface area contributed by atoms with Crippen molar-refractivity contribution in [2.45, 2.75) is 19.8 Å². The van der Waals surface area contributed by atoms with Crippen LogP contribution in [0.4, 0.5) is 5.69 Å². The number of halogens is 1. The van der Waals surface area contributed by atoms with Gasteiger partial charge in [0.25, 0.3) is 5.91 Å². The summed E-state index contributed by atoms with van der Waals surface area (Å²) in [6.45, 7) is 1.95. The van der Waals surface area contributed by atoms with Crippen molar-refractivity contribution in [1.29, 1.82) is 0 Å². The van der Waals surface area contributed by atoms with Crippen molar-refractivity contribution < 1.29 is 14.3 Å². The summed E-state index contributed by atoms with van der Waals surface area (Å²) in [7, 11) is 0. The number of hydrogen-bond acceptors (Lipinski definition) is 4. The van der Waals surface area contributed by atoms with Gasteiger partial charge in [-0.3, -0.25) is 4.79 Å². The second-order valence-electron chi connectivity index (χ2n) is 6.85. The molecule has 1 aliphatic heterocycles. The number of anilines is 1.